The van der Waals surface area contributed by atoms with E-state index in [2.05, 4.69) is 18.9 Å². The normalized spacial score (nSPS) is 18.7. The number of hydrogen-bond donors (Lipinski definition) is 1. The van der Waals surface area contributed by atoms with Crippen LogP contribution in [0.15, 0.2) is 47.2 Å². The van der Waals surface area contributed by atoms with Crippen molar-refractivity contribution < 1.29 is 9.47 Å². The molecule has 1 heterocycles. The Morgan fingerprint density at radius 1 is 1.32 bits per heavy atom. The lowest BCUT2D eigenvalue weighted by atomic mass is 9.86. The van der Waals surface area contributed by atoms with Crippen LogP contribution in [-0.4, -0.2) is 30.9 Å². The van der Waals surface area contributed by atoms with Gasteiger partial charge in [-0.1, -0.05) is 43.1 Å². The topological polar surface area (TPSA) is 45.5 Å². The van der Waals surface area contributed by atoms with Gasteiger partial charge >= 0.3 is 0 Å². The van der Waals surface area contributed by atoms with Crippen molar-refractivity contribution in [1.82, 2.24) is 4.31 Å². The van der Waals surface area contributed by atoms with Gasteiger partial charge in [-0.25, -0.2) is 0 Å². The summed E-state index contributed by atoms with van der Waals surface area (Å²) in [6.45, 7) is 4.55. The third-order valence-electron chi connectivity index (χ3n) is 3.77. The highest BCUT2D eigenvalue weighted by Crippen LogP contribution is 2.38. The van der Waals surface area contributed by atoms with Crippen LogP contribution in [0.25, 0.3) is 5.57 Å². The van der Waals surface area contributed by atoms with Crippen LogP contribution in [-0.2, 0) is 9.47 Å². The molecular weight excluding hydrogens is 296 g/mol. The fourth-order valence-electron chi connectivity index (χ4n) is 2.59. The molecule has 0 bridgehead atoms. The zero-order chi connectivity index (χ0) is 16.1. The fourth-order valence-corrected chi connectivity index (χ4v) is 2.83. The summed E-state index contributed by atoms with van der Waals surface area (Å²) in [5, 5.41) is 9.63. The van der Waals surface area contributed by atoms with E-state index >= 15 is 0 Å². The molecule has 0 fully saturated rings. The Labute approximate surface area is 137 Å². The predicted octanol–water partition coefficient (Wildman–Crippen LogP) is 3.41. The Balaban J connectivity index is 2.54. The minimum atomic E-state index is -0.0882. The highest BCUT2D eigenvalue weighted by molar-refractivity contribution is 7.77. The molecule has 116 valence electrons. The Morgan fingerprint density at radius 2 is 2.00 bits per heavy atom. The average molecular weight is 316 g/mol. The van der Waals surface area contributed by atoms with Crippen LogP contribution in [0, 0.1) is 11.3 Å². The second-order valence-electron chi connectivity index (χ2n) is 5.11. The Morgan fingerprint density at radius 3 is 2.59 bits per heavy atom. The predicted molar refractivity (Wildman–Crippen MR) is 89.8 cm³/mol. The third-order valence-corrected chi connectivity index (χ3v) is 4.41. The van der Waals surface area contributed by atoms with E-state index in [1.165, 1.54) is 0 Å². The summed E-state index contributed by atoms with van der Waals surface area (Å²) in [7, 11) is 1.59. The first kappa shape index (κ1) is 16.6. The molecule has 0 spiro atoms. The highest BCUT2D eigenvalue weighted by atomic mass is 32.1. The van der Waals surface area contributed by atoms with Gasteiger partial charge in [0.05, 0.1) is 24.3 Å². The first-order valence-corrected chi connectivity index (χ1v) is 7.46. The molecule has 1 aromatic carbocycles. The maximum absolute atomic E-state index is 9.63. The Kier molecular flexibility index (Phi) is 5.67. The lowest BCUT2D eigenvalue weighted by Crippen LogP contribution is -2.31. The van der Waals surface area contributed by atoms with E-state index in [1.807, 2.05) is 48.5 Å². The van der Waals surface area contributed by atoms with Crippen LogP contribution in [0.4, 0.5) is 0 Å². The van der Waals surface area contributed by atoms with E-state index < -0.39 is 0 Å². The molecule has 0 saturated carbocycles. The minimum Gasteiger partial charge on any atom is -0.359 e. The zero-order valence-electron chi connectivity index (χ0n) is 13.0. The summed E-state index contributed by atoms with van der Waals surface area (Å²) in [6.07, 6.45) is 0. The number of allylic oxidation sites excluding steroid dienone is 1. The summed E-state index contributed by atoms with van der Waals surface area (Å²) < 4.78 is 12.3. The highest BCUT2D eigenvalue weighted by Gasteiger charge is 2.30. The number of nitrogens with zero attached hydrogens (tertiary/aromatic N) is 2. The van der Waals surface area contributed by atoms with Gasteiger partial charge in [-0.05, 0) is 19.4 Å². The molecule has 0 saturated heterocycles. The molecule has 0 aromatic heterocycles. The lowest BCUT2D eigenvalue weighted by Gasteiger charge is -2.34. The summed E-state index contributed by atoms with van der Waals surface area (Å²) >= 11 is 4.53. The largest absolute Gasteiger partial charge is 0.359 e. The molecule has 22 heavy (non-hydrogen) atoms. The van der Waals surface area contributed by atoms with Crippen LogP contribution >= 0.6 is 12.8 Å². The molecule has 0 aliphatic carbocycles. The van der Waals surface area contributed by atoms with Crippen molar-refractivity contribution in [2.24, 2.45) is 0 Å². The van der Waals surface area contributed by atoms with Crippen LogP contribution in [0.1, 0.15) is 19.4 Å². The molecule has 5 heteroatoms. The second-order valence-corrected chi connectivity index (χ2v) is 5.54. The standard InChI is InChI=1S/C17H20N2O2S/c1-12-15(9-18)17(14-7-5-4-6-8-14)16(10-21-11-20-3)13(2)19(12)22/h4-8,12,22H,10-11H2,1-3H3. The first-order valence-electron chi connectivity index (χ1n) is 7.06. The number of rotatable bonds is 5. The van der Waals surface area contributed by atoms with E-state index in [9.17, 15) is 5.26 Å². The summed E-state index contributed by atoms with van der Waals surface area (Å²) in [4.78, 5) is 0. The molecule has 1 aromatic rings. The van der Waals surface area contributed by atoms with E-state index in [-0.39, 0.29) is 12.8 Å². The number of hydrogen-bond acceptors (Lipinski definition) is 5. The van der Waals surface area contributed by atoms with E-state index in [0.717, 1.165) is 22.4 Å². The molecule has 0 radical (unpaired) electrons. The van der Waals surface area contributed by atoms with Gasteiger partial charge in [-0.3, -0.25) is 0 Å². The van der Waals surface area contributed by atoms with Crippen molar-refractivity contribution in [2.75, 3.05) is 20.5 Å². The maximum atomic E-state index is 9.63. The van der Waals surface area contributed by atoms with Crippen LogP contribution in [0.5, 0.6) is 0 Å². The molecule has 0 N–H and O–H groups in total. The number of methoxy groups -OCH3 is 1. The third kappa shape index (κ3) is 3.20. The van der Waals surface area contributed by atoms with Gasteiger partial charge in [0.15, 0.2) is 0 Å². The van der Waals surface area contributed by atoms with Gasteiger partial charge < -0.3 is 13.8 Å². The number of benzene rings is 1. The molecule has 4 nitrogen and oxygen atoms in total. The molecule has 1 atom stereocenters. The second kappa shape index (κ2) is 7.50. The van der Waals surface area contributed by atoms with Crippen molar-refractivity contribution in [3.63, 3.8) is 0 Å². The summed E-state index contributed by atoms with van der Waals surface area (Å²) in [5.74, 6) is 0. The fraction of sp³-hybridized carbons (Fsp3) is 0.353. The number of thiol groups is 1. The van der Waals surface area contributed by atoms with E-state index in [0.29, 0.717) is 12.2 Å². The van der Waals surface area contributed by atoms with Crippen molar-refractivity contribution in [2.45, 2.75) is 19.9 Å². The quantitative estimate of drug-likeness (QED) is 0.514. The average Bonchev–Trinajstić information content (AvgIpc) is 2.55. The SMILES string of the molecule is COCOCC1=C(C)N(S)C(C)C(C#N)=C1c1ccccc1. The van der Waals surface area contributed by atoms with Crippen molar-refractivity contribution in [1.29, 1.82) is 5.26 Å². The van der Waals surface area contributed by atoms with Crippen molar-refractivity contribution >= 4 is 18.4 Å². The number of ether oxygens (including phenoxy) is 2. The Hall–Kier alpha value is -1.74. The van der Waals surface area contributed by atoms with Gasteiger partial charge in [0.1, 0.15) is 6.79 Å². The number of nitriles is 1. The van der Waals surface area contributed by atoms with Gasteiger partial charge in [-0.2, -0.15) is 5.26 Å². The van der Waals surface area contributed by atoms with Gasteiger partial charge in [-0.15, -0.1) is 0 Å². The first-order chi connectivity index (χ1) is 10.6. The molecule has 2 rings (SSSR count). The van der Waals surface area contributed by atoms with Crippen molar-refractivity contribution in [3.8, 4) is 6.07 Å². The molecular formula is C17H20N2O2S. The lowest BCUT2D eigenvalue weighted by molar-refractivity contribution is -0.0206. The van der Waals surface area contributed by atoms with Crippen LogP contribution in [0.3, 0.4) is 0 Å². The van der Waals surface area contributed by atoms with E-state index in [1.54, 1.807) is 7.11 Å². The van der Waals surface area contributed by atoms with Gasteiger partial charge in [0.25, 0.3) is 0 Å². The smallest absolute Gasteiger partial charge is 0.146 e. The zero-order valence-corrected chi connectivity index (χ0v) is 13.9. The summed E-state index contributed by atoms with van der Waals surface area (Å²) in [5.41, 5.74) is 4.61. The Bertz CT molecular complexity index is 632. The van der Waals surface area contributed by atoms with Gasteiger partial charge in [0, 0.05) is 24.0 Å². The molecule has 1 unspecified atom stereocenters. The molecule has 1 aliphatic heterocycles. The molecule has 1 aliphatic rings. The maximum Gasteiger partial charge on any atom is 0.146 e. The van der Waals surface area contributed by atoms with Crippen LogP contribution < -0.4 is 0 Å². The van der Waals surface area contributed by atoms with Gasteiger partial charge in [0.2, 0.25) is 0 Å². The molecule has 0 amide bonds. The van der Waals surface area contributed by atoms with Crippen molar-refractivity contribution in [3.05, 3.63) is 52.7 Å². The summed E-state index contributed by atoms with van der Waals surface area (Å²) in [6, 6.07) is 12.2. The monoisotopic (exact) mass is 316 g/mol. The van der Waals surface area contributed by atoms with E-state index in [4.69, 9.17) is 9.47 Å². The van der Waals surface area contributed by atoms with Crippen LogP contribution in [0.2, 0.25) is 0 Å². The minimum absolute atomic E-state index is 0.0882.